The Balaban J connectivity index is 1.83. The molecule has 1 aromatic heterocycles. The number of nitrogens with zero attached hydrogens (tertiary/aromatic N) is 2. The van der Waals surface area contributed by atoms with E-state index in [4.69, 9.17) is 0 Å². The largest absolute Gasteiger partial charge is 0.299 e. The van der Waals surface area contributed by atoms with E-state index in [9.17, 15) is 8.42 Å². The van der Waals surface area contributed by atoms with Crippen molar-refractivity contribution in [2.45, 2.75) is 29.5 Å². The second kappa shape index (κ2) is 4.92. The van der Waals surface area contributed by atoms with Crippen molar-refractivity contribution in [3.05, 3.63) is 17.5 Å². The molecular formula is C12H18N2O2S2. The molecule has 6 heteroatoms. The number of hydrogen-bond acceptors (Lipinski definition) is 4. The van der Waals surface area contributed by atoms with Crippen molar-refractivity contribution >= 4 is 21.4 Å². The summed E-state index contributed by atoms with van der Waals surface area (Å²) in [4.78, 5) is 2.45. The van der Waals surface area contributed by atoms with E-state index in [-0.39, 0.29) is 0 Å². The Labute approximate surface area is 112 Å². The average molecular weight is 286 g/mol. The van der Waals surface area contributed by atoms with Crippen LogP contribution in [0, 0.1) is 0 Å². The summed E-state index contributed by atoms with van der Waals surface area (Å²) >= 11 is 1.31. The molecule has 0 amide bonds. The molecule has 0 bridgehead atoms. The third kappa shape index (κ3) is 2.22. The Morgan fingerprint density at radius 1 is 1.22 bits per heavy atom. The zero-order valence-corrected chi connectivity index (χ0v) is 11.9. The normalized spacial score (nSPS) is 27.0. The van der Waals surface area contributed by atoms with Crippen molar-refractivity contribution in [3.63, 3.8) is 0 Å². The highest BCUT2D eigenvalue weighted by molar-refractivity contribution is 7.91. The van der Waals surface area contributed by atoms with Crippen LogP contribution in [0.15, 0.2) is 21.7 Å². The maximum Gasteiger partial charge on any atom is 0.252 e. The summed E-state index contributed by atoms with van der Waals surface area (Å²) in [6.45, 7) is 3.51. The van der Waals surface area contributed by atoms with Crippen LogP contribution in [0.2, 0.25) is 0 Å². The molecule has 1 atom stereocenters. The van der Waals surface area contributed by atoms with Gasteiger partial charge in [0.2, 0.25) is 0 Å². The predicted molar refractivity (Wildman–Crippen MR) is 72.3 cm³/mol. The van der Waals surface area contributed by atoms with Crippen molar-refractivity contribution in [1.29, 1.82) is 0 Å². The second-order valence-corrected chi connectivity index (χ2v) is 8.09. The highest BCUT2D eigenvalue weighted by Crippen LogP contribution is 2.27. The van der Waals surface area contributed by atoms with Gasteiger partial charge in [0, 0.05) is 19.1 Å². The molecule has 1 aromatic rings. The Morgan fingerprint density at radius 2 is 2.06 bits per heavy atom. The third-order valence-corrected chi connectivity index (χ3v) is 7.09. The topological polar surface area (TPSA) is 40.6 Å². The lowest BCUT2D eigenvalue weighted by molar-refractivity contribution is 0.257. The molecule has 0 saturated carbocycles. The van der Waals surface area contributed by atoms with E-state index in [1.807, 2.05) is 5.38 Å². The van der Waals surface area contributed by atoms with E-state index in [2.05, 4.69) is 4.90 Å². The van der Waals surface area contributed by atoms with Crippen LogP contribution >= 0.6 is 11.3 Å². The van der Waals surface area contributed by atoms with Gasteiger partial charge in [-0.25, -0.2) is 8.42 Å². The Hall–Kier alpha value is -0.430. The first kappa shape index (κ1) is 12.6. The first-order valence-corrected chi connectivity index (χ1v) is 8.77. The van der Waals surface area contributed by atoms with E-state index in [0.717, 1.165) is 25.9 Å². The molecule has 0 radical (unpaired) electrons. The molecule has 2 saturated heterocycles. The summed E-state index contributed by atoms with van der Waals surface area (Å²) in [6, 6.07) is 3.94. The minimum atomic E-state index is -3.26. The zero-order valence-electron chi connectivity index (χ0n) is 10.3. The fourth-order valence-corrected chi connectivity index (χ4v) is 5.59. The number of sulfonamides is 1. The molecule has 0 aliphatic carbocycles. The smallest absolute Gasteiger partial charge is 0.252 e. The van der Waals surface area contributed by atoms with Crippen LogP contribution in [-0.2, 0) is 10.0 Å². The summed E-state index contributed by atoms with van der Waals surface area (Å²) in [7, 11) is -3.26. The van der Waals surface area contributed by atoms with E-state index in [0.29, 0.717) is 23.3 Å². The molecular weight excluding hydrogens is 268 g/mol. The molecule has 2 fully saturated rings. The van der Waals surface area contributed by atoms with Crippen LogP contribution in [0.5, 0.6) is 0 Å². The van der Waals surface area contributed by atoms with Gasteiger partial charge in [-0.3, -0.25) is 4.90 Å². The number of thiophene rings is 1. The fourth-order valence-electron chi connectivity index (χ4n) is 2.93. The van der Waals surface area contributed by atoms with Crippen LogP contribution < -0.4 is 0 Å². The molecule has 0 N–H and O–H groups in total. The van der Waals surface area contributed by atoms with Gasteiger partial charge < -0.3 is 0 Å². The molecule has 3 rings (SSSR count). The molecule has 2 aliphatic rings. The molecule has 18 heavy (non-hydrogen) atoms. The van der Waals surface area contributed by atoms with E-state index < -0.39 is 10.0 Å². The second-order valence-electron chi connectivity index (χ2n) is 4.98. The van der Waals surface area contributed by atoms with Crippen molar-refractivity contribution in [2.75, 3.05) is 26.2 Å². The highest BCUT2D eigenvalue weighted by Gasteiger charge is 2.34. The van der Waals surface area contributed by atoms with Crippen molar-refractivity contribution in [1.82, 2.24) is 9.21 Å². The molecule has 0 aromatic carbocycles. The Bertz CT molecular complexity index is 498. The average Bonchev–Trinajstić information content (AvgIpc) is 2.97. The van der Waals surface area contributed by atoms with Gasteiger partial charge in [0.25, 0.3) is 10.0 Å². The molecule has 1 unspecified atom stereocenters. The first-order chi connectivity index (χ1) is 8.68. The van der Waals surface area contributed by atoms with Gasteiger partial charge in [-0.2, -0.15) is 4.31 Å². The maximum atomic E-state index is 12.5. The minimum absolute atomic E-state index is 0.433. The van der Waals surface area contributed by atoms with E-state index >= 15 is 0 Å². The van der Waals surface area contributed by atoms with Crippen LogP contribution in [0.4, 0.5) is 0 Å². The van der Waals surface area contributed by atoms with Gasteiger partial charge in [-0.1, -0.05) is 6.07 Å². The first-order valence-electron chi connectivity index (χ1n) is 6.45. The van der Waals surface area contributed by atoms with E-state index in [1.165, 1.54) is 17.8 Å². The number of fused-ring (bicyclic) bond motifs is 1. The predicted octanol–water partition coefficient (Wildman–Crippen LogP) is 1.61. The summed E-state index contributed by atoms with van der Waals surface area (Å²) in [5, 5.41) is 1.83. The summed E-state index contributed by atoms with van der Waals surface area (Å²) in [5.41, 5.74) is 0. The number of hydrogen-bond donors (Lipinski definition) is 0. The summed E-state index contributed by atoms with van der Waals surface area (Å²) in [6.07, 6.45) is 3.29. The number of rotatable bonds is 2. The van der Waals surface area contributed by atoms with Crippen molar-refractivity contribution in [2.24, 2.45) is 0 Å². The maximum absolute atomic E-state index is 12.5. The molecule has 2 aliphatic heterocycles. The quantitative estimate of drug-likeness (QED) is 0.829. The minimum Gasteiger partial charge on any atom is -0.299 e. The van der Waals surface area contributed by atoms with Gasteiger partial charge in [-0.05, 0) is 43.8 Å². The van der Waals surface area contributed by atoms with Crippen LogP contribution in [-0.4, -0.2) is 49.8 Å². The fraction of sp³-hybridized carbons (Fsp3) is 0.667. The van der Waals surface area contributed by atoms with Crippen molar-refractivity contribution in [3.8, 4) is 0 Å². The standard InChI is InChI=1S/C12H18N2O2S2/c15-18(16,12-5-2-9-17-12)14-8-3-7-13-6-1-4-11(13)10-14/h2,5,9,11H,1,3-4,6-8,10H2. The zero-order chi connectivity index (χ0) is 12.6. The van der Waals surface area contributed by atoms with Gasteiger partial charge in [0.05, 0.1) is 0 Å². The molecule has 100 valence electrons. The van der Waals surface area contributed by atoms with E-state index in [1.54, 1.807) is 16.4 Å². The lowest BCUT2D eigenvalue weighted by Crippen LogP contribution is -2.39. The lowest BCUT2D eigenvalue weighted by atomic mass is 10.2. The van der Waals surface area contributed by atoms with Crippen molar-refractivity contribution < 1.29 is 8.42 Å². The van der Waals surface area contributed by atoms with Gasteiger partial charge in [0.15, 0.2) is 0 Å². The van der Waals surface area contributed by atoms with Crippen LogP contribution in [0.25, 0.3) is 0 Å². The Kier molecular flexibility index (Phi) is 3.44. The SMILES string of the molecule is O=S(=O)(c1cccs1)N1CCCN2CCCC2C1. The van der Waals surface area contributed by atoms with Gasteiger partial charge >= 0.3 is 0 Å². The lowest BCUT2D eigenvalue weighted by Gasteiger charge is -2.24. The molecule has 4 nitrogen and oxygen atoms in total. The Morgan fingerprint density at radius 3 is 2.83 bits per heavy atom. The van der Waals surface area contributed by atoms with Crippen LogP contribution in [0.3, 0.4) is 0 Å². The molecule has 0 spiro atoms. The third-order valence-electron chi connectivity index (χ3n) is 3.86. The summed E-state index contributed by atoms with van der Waals surface area (Å²) in [5.74, 6) is 0. The van der Waals surface area contributed by atoms with Crippen LogP contribution in [0.1, 0.15) is 19.3 Å². The summed E-state index contributed by atoms with van der Waals surface area (Å²) < 4.78 is 27.2. The highest BCUT2D eigenvalue weighted by atomic mass is 32.2. The van der Waals surface area contributed by atoms with Gasteiger partial charge in [-0.15, -0.1) is 11.3 Å². The molecule has 3 heterocycles. The van der Waals surface area contributed by atoms with Gasteiger partial charge in [0.1, 0.15) is 4.21 Å². The monoisotopic (exact) mass is 286 g/mol.